The second kappa shape index (κ2) is 7.80. The van der Waals surface area contributed by atoms with Crippen molar-refractivity contribution in [3.8, 4) is 11.4 Å². The minimum absolute atomic E-state index is 0.0673. The molecule has 1 aliphatic carbocycles. The highest BCUT2D eigenvalue weighted by Gasteiger charge is 2.25. The monoisotopic (exact) mass is 413 g/mol. The number of pyridine rings is 1. The van der Waals surface area contributed by atoms with Gasteiger partial charge in [0, 0.05) is 24.0 Å². The van der Waals surface area contributed by atoms with Gasteiger partial charge in [0.2, 0.25) is 5.43 Å². The molecule has 1 fully saturated rings. The van der Waals surface area contributed by atoms with Gasteiger partial charge in [0.05, 0.1) is 5.52 Å². The number of rotatable bonds is 2. The van der Waals surface area contributed by atoms with Crippen LogP contribution >= 0.6 is 0 Å². The van der Waals surface area contributed by atoms with Crippen molar-refractivity contribution in [1.29, 1.82) is 0 Å². The van der Waals surface area contributed by atoms with Gasteiger partial charge in [-0.2, -0.15) is 0 Å². The van der Waals surface area contributed by atoms with Crippen LogP contribution < -0.4 is 11.0 Å². The molecular weight excluding hydrogens is 386 g/mol. The molecule has 0 bridgehead atoms. The third-order valence-electron chi connectivity index (χ3n) is 6.73. The molecule has 0 saturated heterocycles. The zero-order valence-corrected chi connectivity index (χ0v) is 18.1. The van der Waals surface area contributed by atoms with Gasteiger partial charge in [0.1, 0.15) is 11.2 Å². The Kier molecular flexibility index (Phi) is 4.97. The summed E-state index contributed by atoms with van der Waals surface area (Å²) in [5.74, 6) is 0.674. The number of fused-ring (bicyclic) bond motifs is 2. The molecule has 5 nitrogen and oxygen atoms in total. The predicted molar refractivity (Wildman–Crippen MR) is 126 cm³/mol. The number of hydrogen-bond acceptors (Lipinski definition) is 3. The summed E-state index contributed by atoms with van der Waals surface area (Å²) in [5.41, 5.74) is 2.83. The predicted octanol–water partition coefficient (Wildman–Crippen LogP) is 5.12. The lowest BCUT2D eigenvalue weighted by atomic mass is 10.0. The molecule has 5 heteroatoms. The van der Waals surface area contributed by atoms with Crippen LogP contribution in [0.4, 0.5) is 0 Å². The molecule has 2 heterocycles. The molecule has 0 unspecified atom stereocenters. The van der Waals surface area contributed by atoms with E-state index in [2.05, 4.69) is 0 Å². The highest BCUT2D eigenvalue weighted by molar-refractivity contribution is 5.92. The first-order chi connectivity index (χ1) is 15.1. The van der Waals surface area contributed by atoms with Gasteiger partial charge >= 0.3 is 0 Å². The van der Waals surface area contributed by atoms with Crippen molar-refractivity contribution in [1.82, 2.24) is 14.1 Å². The van der Waals surface area contributed by atoms with E-state index < -0.39 is 0 Å². The fourth-order valence-corrected chi connectivity index (χ4v) is 5.04. The summed E-state index contributed by atoms with van der Waals surface area (Å²) in [6.07, 6.45) is 6.46. The highest BCUT2D eigenvalue weighted by atomic mass is 16.1. The third-order valence-corrected chi connectivity index (χ3v) is 6.73. The van der Waals surface area contributed by atoms with E-state index in [-0.39, 0.29) is 22.4 Å². The average molecular weight is 414 g/mol. The summed E-state index contributed by atoms with van der Waals surface area (Å²) in [4.78, 5) is 32.4. The SMILES string of the molecule is Cc1ccccc1-c1nc2c(c(=O)c3ccccc3n2C)c(=O)n1C1CCCCCC1. The maximum atomic E-state index is 14.0. The van der Waals surface area contributed by atoms with E-state index in [1.165, 1.54) is 12.8 Å². The number of nitrogens with zero attached hydrogens (tertiary/aromatic N) is 3. The number of para-hydroxylation sites is 1. The number of hydrogen-bond donors (Lipinski definition) is 0. The third kappa shape index (κ3) is 3.19. The van der Waals surface area contributed by atoms with E-state index in [1.54, 1.807) is 6.07 Å². The lowest BCUT2D eigenvalue weighted by Gasteiger charge is -2.23. The van der Waals surface area contributed by atoms with Crippen molar-refractivity contribution >= 4 is 21.9 Å². The molecule has 31 heavy (non-hydrogen) atoms. The Morgan fingerprint density at radius 3 is 2.32 bits per heavy atom. The number of aryl methyl sites for hydroxylation is 2. The Labute approximate surface area is 181 Å². The Bertz CT molecular complexity index is 1410. The van der Waals surface area contributed by atoms with E-state index in [0.29, 0.717) is 16.9 Å². The van der Waals surface area contributed by atoms with Crippen LogP contribution in [0.3, 0.4) is 0 Å². The molecule has 2 aromatic carbocycles. The molecule has 0 N–H and O–H groups in total. The van der Waals surface area contributed by atoms with Crippen molar-refractivity contribution in [2.45, 2.75) is 51.5 Å². The van der Waals surface area contributed by atoms with E-state index in [1.807, 2.05) is 65.6 Å². The van der Waals surface area contributed by atoms with Crippen molar-refractivity contribution in [3.05, 3.63) is 74.7 Å². The van der Waals surface area contributed by atoms with Gasteiger partial charge in [0.15, 0.2) is 5.65 Å². The Morgan fingerprint density at radius 2 is 1.58 bits per heavy atom. The van der Waals surface area contributed by atoms with Crippen molar-refractivity contribution in [3.63, 3.8) is 0 Å². The summed E-state index contributed by atoms with van der Waals surface area (Å²) < 4.78 is 3.72. The van der Waals surface area contributed by atoms with E-state index in [0.717, 1.165) is 42.3 Å². The second-order valence-corrected chi connectivity index (χ2v) is 8.67. The van der Waals surface area contributed by atoms with Gasteiger partial charge in [-0.15, -0.1) is 0 Å². The second-order valence-electron chi connectivity index (χ2n) is 8.67. The maximum absolute atomic E-state index is 14.0. The summed E-state index contributed by atoms with van der Waals surface area (Å²) in [5, 5.41) is 0.759. The summed E-state index contributed by atoms with van der Waals surface area (Å²) >= 11 is 0. The van der Waals surface area contributed by atoms with Gasteiger partial charge < -0.3 is 4.57 Å². The van der Waals surface area contributed by atoms with E-state index in [4.69, 9.17) is 4.98 Å². The fraction of sp³-hybridized carbons (Fsp3) is 0.346. The quantitative estimate of drug-likeness (QED) is 0.339. The zero-order chi connectivity index (χ0) is 21.5. The molecule has 2 aromatic heterocycles. The highest BCUT2D eigenvalue weighted by Crippen LogP contribution is 2.31. The summed E-state index contributed by atoms with van der Waals surface area (Å²) in [6, 6.07) is 15.6. The summed E-state index contributed by atoms with van der Waals surface area (Å²) in [7, 11) is 1.88. The number of aromatic nitrogens is 3. The molecular formula is C26H27N3O2. The minimum atomic E-state index is -0.222. The first-order valence-corrected chi connectivity index (χ1v) is 11.2. The Balaban J connectivity index is 1.94. The van der Waals surface area contributed by atoms with Crippen LogP contribution in [0, 0.1) is 6.92 Å². The van der Waals surface area contributed by atoms with Crippen LogP contribution in [0.15, 0.2) is 58.1 Å². The Hall–Kier alpha value is -3.21. The van der Waals surface area contributed by atoms with Crippen LogP contribution in [0.1, 0.15) is 50.1 Å². The Morgan fingerprint density at radius 1 is 0.903 bits per heavy atom. The van der Waals surface area contributed by atoms with Gasteiger partial charge in [-0.25, -0.2) is 4.98 Å². The van der Waals surface area contributed by atoms with Crippen molar-refractivity contribution in [2.24, 2.45) is 7.05 Å². The largest absolute Gasteiger partial charge is 0.328 e. The van der Waals surface area contributed by atoms with Gasteiger partial charge in [-0.1, -0.05) is 62.1 Å². The molecule has 0 aliphatic heterocycles. The first-order valence-electron chi connectivity index (χ1n) is 11.2. The molecule has 0 atom stereocenters. The standard InChI is InChI=1S/C26H27N3O2/c1-17-11-7-8-14-19(17)24-27-25-22(23(30)20-15-9-10-16-21(20)28(25)2)26(31)29(24)18-12-5-3-4-6-13-18/h7-11,14-16,18H,3-6,12-13H2,1-2H3. The first kappa shape index (κ1) is 19.7. The van der Waals surface area contributed by atoms with Gasteiger partial charge in [-0.3, -0.25) is 14.2 Å². The fourth-order valence-electron chi connectivity index (χ4n) is 5.04. The summed E-state index contributed by atoms with van der Waals surface area (Å²) in [6.45, 7) is 2.04. The lowest BCUT2D eigenvalue weighted by Crippen LogP contribution is -2.32. The van der Waals surface area contributed by atoms with Crippen LogP contribution in [-0.2, 0) is 7.05 Å². The molecule has 1 aliphatic rings. The van der Waals surface area contributed by atoms with Crippen LogP contribution in [0.25, 0.3) is 33.3 Å². The topological polar surface area (TPSA) is 56.9 Å². The van der Waals surface area contributed by atoms with Crippen molar-refractivity contribution < 1.29 is 0 Å². The maximum Gasteiger partial charge on any atom is 0.267 e. The zero-order valence-electron chi connectivity index (χ0n) is 18.1. The average Bonchev–Trinajstić information content (AvgIpc) is 3.06. The molecule has 0 radical (unpaired) electrons. The molecule has 0 amide bonds. The van der Waals surface area contributed by atoms with Gasteiger partial charge in [-0.05, 0) is 37.5 Å². The molecule has 158 valence electrons. The minimum Gasteiger partial charge on any atom is -0.328 e. The lowest BCUT2D eigenvalue weighted by molar-refractivity contribution is 0.434. The van der Waals surface area contributed by atoms with Crippen LogP contribution in [0.2, 0.25) is 0 Å². The van der Waals surface area contributed by atoms with Gasteiger partial charge in [0.25, 0.3) is 5.56 Å². The molecule has 1 saturated carbocycles. The van der Waals surface area contributed by atoms with Crippen LogP contribution in [0.5, 0.6) is 0 Å². The molecule has 0 spiro atoms. The number of benzene rings is 2. The smallest absolute Gasteiger partial charge is 0.267 e. The van der Waals surface area contributed by atoms with E-state index >= 15 is 0 Å². The normalized spacial score (nSPS) is 15.4. The molecule has 5 rings (SSSR count). The molecule has 4 aromatic rings. The van der Waals surface area contributed by atoms with Crippen LogP contribution in [-0.4, -0.2) is 14.1 Å². The van der Waals surface area contributed by atoms with Crippen molar-refractivity contribution in [2.75, 3.05) is 0 Å². The van der Waals surface area contributed by atoms with E-state index in [9.17, 15) is 9.59 Å².